The van der Waals surface area contributed by atoms with Gasteiger partial charge in [0.1, 0.15) is 0 Å². The second-order valence-corrected chi connectivity index (χ2v) is 5.81. The predicted octanol–water partition coefficient (Wildman–Crippen LogP) is 0.935. The molecule has 2 rings (SSSR count). The SMILES string of the molecule is CC1OC(C)C(C(=O)NCC2(CO)CC2)C1C. The van der Waals surface area contributed by atoms with Crippen LogP contribution in [0.4, 0.5) is 0 Å². The van der Waals surface area contributed by atoms with Gasteiger partial charge in [0.05, 0.1) is 24.7 Å². The van der Waals surface area contributed by atoms with Crippen LogP contribution in [-0.4, -0.2) is 36.4 Å². The Labute approximate surface area is 103 Å². The number of rotatable bonds is 4. The monoisotopic (exact) mass is 241 g/mol. The van der Waals surface area contributed by atoms with Gasteiger partial charge in [-0.05, 0) is 32.6 Å². The molecule has 0 aromatic carbocycles. The molecule has 0 aromatic heterocycles. The number of hydrogen-bond donors (Lipinski definition) is 2. The highest BCUT2D eigenvalue weighted by molar-refractivity contribution is 5.80. The lowest BCUT2D eigenvalue weighted by Gasteiger charge is -2.20. The molecular weight excluding hydrogens is 218 g/mol. The molecule has 0 spiro atoms. The maximum Gasteiger partial charge on any atom is 0.226 e. The minimum absolute atomic E-state index is 0.00993. The van der Waals surface area contributed by atoms with Gasteiger partial charge < -0.3 is 15.2 Å². The van der Waals surface area contributed by atoms with Crippen LogP contribution in [0.25, 0.3) is 0 Å². The van der Waals surface area contributed by atoms with E-state index in [0.717, 1.165) is 12.8 Å². The number of nitrogens with one attached hydrogen (secondary N) is 1. The molecule has 1 saturated heterocycles. The molecule has 4 heteroatoms. The fourth-order valence-electron chi connectivity index (χ4n) is 2.68. The van der Waals surface area contributed by atoms with Crippen LogP contribution in [0.15, 0.2) is 0 Å². The van der Waals surface area contributed by atoms with E-state index in [2.05, 4.69) is 12.2 Å². The topological polar surface area (TPSA) is 58.6 Å². The van der Waals surface area contributed by atoms with Crippen LogP contribution in [-0.2, 0) is 9.53 Å². The first-order valence-corrected chi connectivity index (χ1v) is 6.53. The summed E-state index contributed by atoms with van der Waals surface area (Å²) in [4.78, 5) is 12.1. The molecule has 1 amide bonds. The van der Waals surface area contributed by atoms with Gasteiger partial charge in [-0.15, -0.1) is 0 Å². The average molecular weight is 241 g/mol. The maximum atomic E-state index is 12.1. The highest BCUT2D eigenvalue weighted by Crippen LogP contribution is 2.44. The normalized spacial score (nSPS) is 39.1. The quantitative estimate of drug-likeness (QED) is 0.770. The zero-order valence-corrected chi connectivity index (χ0v) is 10.9. The van der Waals surface area contributed by atoms with Crippen LogP contribution < -0.4 is 5.32 Å². The molecule has 4 nitrogen and oxygen atoms in total. The Bertz CT molecular complexity index is 301. The number of amides is 1. The molecule has 4 atom stereocenters. The van der Waals surface area contributed by atoms with Gasteiger partial charge in [-0.25, -0.2) is 0 Å². The minimum Gasteiger partial charge on any atom is -0.396 e. The van der Waals surface area contributed by atoms with Crippen LogP contribution in [0, 0.1) is 17.3 Å². The summed E-state index contributed by atoms with van der Waals surface area (Å²) in [6.45, 7) is 6.83. The van der Waals surface area contributed by atoms with Crippen molar-refractivity contribution in [2.45, 2.75) is 45.8 Å². The van der Waals surface area contributed by atoms with E-state index in [9.17, 15) is 9.90 Å². The molecule has 0 radical (unpaired) electrons. The molecule has 1 heterocycles. The fraction of sp³-hybridized carbons (Fsp3) is 0.923. The summed E-state index contributed by atoms with van der Waals surface area (Å²) in [7, 11) is 0. The first kappa shape index (κ1) is 12.8. The summed E-state index contributed by atoms with van der Waals surface area (Å²) in [5, 5.41) is 12.2. The van der Waals surface area contributed by atoms with Gasteiger partial charge in [0.15, 0.2) is 0 Å². The summed E-state index contributed by atoms with van der Waals surface area (Å²) < 4.78 is 5.67. The molecule has 2 N–H and O–H groups in total. The average Bonchev–Trinajstić information content (AvgIpc) is 3.02. The summed E-state index contributed by atoms with van der Waals surface area (Å²) in [6.07, 6.45) is 2.18. The van der Waals surface area contributed by atoms with E-state index >= 15 is 0 Å². The summed E-state index contributed by atoms with van der Waals surface area (Å²) in [6, 6.07) is 0. The molecular formula is C13H23NO3. The maximum absolute atomic E-state index is 12.1. The van der Waals surface area contributed by atoms with Crippen molar-refractivity contribution in [2.24, 2.45) is 17.3 Å². The summed E-state index contributed by atoms with van der Waals surface area (Å²) in [5.74, 6) is 0.280. The Hall–Kier alpha value is -0.610. The Morgan fingerprint density at radius 3 is 2.41 bits per heavy atom. The van der Waals surface area contributed by atoms with E-state index in [1.807, 2.05) is 13.8 Å². The zero-order valence-electron chi connectivity index (χ0n) is 10.9. The number of carbonyl (C=O) groups excluding carboxylic acids is 1. The van der Waals surface area contributed by atoms with Crippen LogP contribution in [0.2, 0.25) is 0 Å². The van der Waals surface area contributed by atoms with Crippen molar-refractivity contribution in [3.8, 4) is 0 Å². The van der Waals surface area contributed by atoms with Crippen molar-refractivity contribution in [2.75, 3.05) is 13.2 Å². The van der Waals surface area contributed by atoms with Crippen LogP contribution in [0.1, 0.15) is 33.6 Å². The van der Waals surface area contributed by atoms with Gasteiger partial charge in [0.2, 0.25) is 5.91 Å². The van der Waals surface area contributed by atoms with E-state index in [-0.39, 0.29) is 42.0 Å². The smallest absolute Gasteiger partial charge is 0.226 e. The van der Waals surface area contributed by atoms with Gasteiger partial charge in [-0.1, -0.05) is 6.92 Å². The van der Waals surface area contributed by atoms with Crippen LogP contribution in [0.5, 0.6) is 0 Å². The minimum atomic E-state index is -0.0560. The van der Waals surface area contributed by atoms with Crippen molar-refractivity contribution in [1.29, 1.82) is 0 Å². The van der Waals surface area contributed by atoms with Crippen molar-refractivity contribution in [1.82, 2.24) is 5.32 Å². The van der Waals surface area contributed by atoms with Crippen molar-refractivity contribution in [3.63, 3.8) is 0 Å². The molecule has 17 heavy (non-hydrogen) atoms. The molecule has 4 unspecified atom stereocenters. The lowest BCUT2D eigenvalue weighted by atomic mass is 9.88. The number of aliphatic hydroxyl groups is 1. The Balaban J connectivity index is 1.87. The molecule has 2 aliphatic rings. The van der Waals surface area contributed by atoms with Gasteiger partial charge in [-0.2, -0.15) is 0 Å². The second-order valence-electron chi connectivity index (χ2n) is 5.81. The van der Waals surface area contributed by atoms with Gasteiger partial charge in [0, 0.05) is 12.0 Å². The number of carbonyl (C=O) groups is 1. The molecule has 1 aliphatic heterocycles. The lowest BCUT2D eigenvalue weighted by Crippen LogP contribution is -2.40. The summed E-state index contributed by atoms with van der Waals surface area (Å²) >= 11 is 0. The Morgan fingerprint density at radius 2 is 2.00 bits per heavy atom. The van der Waals surface area contributed by atoms with E-state index in [4.69, 9.17) is 4.74 Å². The fourth-order valence-corrected chi connectivity index (χ4v) is 2.68. The lowest BCUT2D eigenvalue weighted by molar-refractivity contribution is -0.127. The third-order valence-electron chi connectivity index (χ3n) is 4.47. The molecule has 0 aromatic rings. The van der Waals surface area contributed by atoms with Crippen molar-refractivity contribution >= 4 is 5.91 Å². The Morgan fingerprint density at radius 1 is 1.35 bits per heavy atom. The van der Waals surface area contributed by atoms with E-state index in [1.54, 1.807) is 0 Å². The van der Waals surface area contributed by atoms with Crippen molar-refractivity contribution < 1.29 is 14.6 Å². The first-order chi connectivity index (χ1) is 7.99. The van der Waals surface area contributed by atoms with Gasteiger partial charge >= 0.3 is 0 Å². The molecule has 1 saturated carbocycles. The van der Waals surface area contributed by atoms with E-state index in [0.29, 0.717) is 6.54 Å². The van der Waals surface area contributed by atoms with E-state index in [1.165, 1.54) is 0 Å². The number of hydrogen-bond acceptors (Lipinski definition) is 3. The number of ether oxygens (including phenoxy) is 1. The highest BCUT2D eigenvalue weighted by atomic mass is 16.5. The molecule has 0 bridgehead atoms. The third kappa shape index (κ3) is 2.47. The third-order valence-corrected chi connectivity index (χ3v) is 4.47. The predicted molar refractivity (Wildman–Crippen MR) is 64.4 cm³/mol. The number of aliphatic hydroxyl groups excluding tert-OH is 1. The highest BCUT2D eigenvalue weighted by Gasteiger charge is 2.45. The Kier molecular flexibility index (Phi) is 3.46. The standard InChI is InChI=1S/C13H23NO3/c1-8-9(2)17-10(3)11(8)12(16)14-6-13(7-15)4-5-13/h8-11,15H,4-7H2,1-3H3,(H,14,16). The largest absolute Gasteiger partial charge is 0.396 e. The molecule has 98 valence electrons. The van der Waals surface area contributed by atoms with E-state index < -0.39 is 0 Å². The van der Waals surface area contributed by atoms with Gasteiger partial charge in [0.25, 0.3) is 0 Å². The van der Waals surface area contributed by atoms with Crippen LogP contribution >= 0.6 is 0 Å². The second kappa shape index (κ2) is 4.58. The molecule has 2 fully saturated rings. The first-order valence-electron chi connectivity index (χ1n) is 6.53. The van der Waals surface area contributed by atoms with Crippen molar-refractivity contribution in [3.05, 3.63) is 0 Å². The zero-order chi connectivity index (χ0) is 12.6. The molecule has 1 aliphatic carbocycles. The van der Waals surface area contributed by atoms with Gasteiger partial charge in [-0.3, -0.25) is 4.79 Å². The summed E-state index contributed by atoms with van der Waals surface area (Å²) in [5.41, 5.74) is -0.0206. The van der Waals surface area contributed by atoms with Crippen LogP contribution in [0.3, 0.4) is 0 Å².